The highest BCUT2D eigenvalue weighted by Gasteiger charge is 2.17. The number of hydrogen-bond donors (Lipinski definition) is 1. The Balaban J connectivity index is 2.46. The molecular weight excluding hydrogens is 224 g/mol. The lowest BCUT2D eigenvalue weighted by atomic mass is 10.00. The van der Waals surface area contributed by atoms with Gasteiger partial charge in [-0.2, -0.15) is 5.26 Å². The first-order valence-corrected chi connectivity index (χ1v) is 6.10. The fourth-order valence-electron chi connectivity index (χ4n) is 1.62. The number of nitrogens with one attached hydrogen (secondary N) is 1. The second-order valence-electron chi connectivity index (χ2n) is 4.02. The van der Waals surface area contributed by atoms with E-state index >= 15 is 0 Å². The van der Waals surface area contributed by atoms with Gasteiger partial charge in [0.05, 0.1) is 6.07 Å². The Morgan fingerprint density at radius 2 is 2.17 bits per heavy atom. The molecule has 94 valence electrons. The van der Waals surface area contributed by atoms with E-state index in [1.165, 1.54) is 0 Å². The average Bonchev–Trinajstić information content (AvgIpc) is 2.42. The van der Waals surface area contributed by atoms with Crippen LogP contribution in [0.25, 0.3) is 0 Å². The van der Waals surface area contributed by atoms with Gasteiger partial charge in [0.1, 0.15) is 5.92 Å². The maximum Gasteiger partial charge on any atom is 0.237 e. The van der Waals surface area contributed by atoms with E-state index < -0.39 is 5.92 Å². The number of nitriles is 1. The number of benzene rings is 1. The molecule has 1 unspecified atom stereocenters. The summed E-state index contributed by atoms with van der Waals surface area (Å²) in [5.74, 6) is -0.802. The van der Waals surface area contributed by atoms with Gasteiger partial charge in [-0.05, 0) is 25.3 Å². The third-order valence-corrected chi connectivity index (χ3v) is 2.60. The molecule has 3 heteroatoms. The van der Waals surface area contributed by atoms with Gasteiger partial charge in [-0.25, -0.2) is 0 Å². The zero-order valence-corrected chi connectivity index (χ0v) is 10.6. The van der Waals surface area contributed by atoms with Gasteiger partial charge in [-0.3, -0.25) is 4.79 Å². The molecule has 1 rings (SSSR count). The van der Waals surface area contributed by atoms with Gasteiger partial charge in [0.2, 0.25) is 5.91 Å². The number of nitrogens with zero attached hydrogens (tertiary/aromatic N) is 1. The number of allylic oxidation sites excluding steroid dienone is 1. The van der Waals surface area contributed by atoms with E-state index in [1.54, 1.807) is 0 Å². The molecule has 1 aromatic carbocycles. The van der Waals surface area contributed by atoms with Crippen LogP contribution in [0.15, 0.2) is 42.5 Å². The second-order valence-corrected chi connectivity index (χ2v) is 4.02. The molecule has 0 saturated carbocycles. The highest BCUT2D eigenvalue weighted by molar-refractivity contribution is 5.81. The molecule has 1 N–H and O–H groups in total. The fraction of sp³-hybridized carbons (Fsp3) is 0.333. The average molecular weight is 242 g/mol. The van der Waals surface area contributed by atoms with Gasteiger partial charge in [-0.15, -0.1) is 0 Å². The van der Waals surface area contributed by atoms with Crippen molar-refractivity contribution in [2.24, 2.45) is 5.92 Å². The summed E-state index contributed by atoms with van der Waals surface area (Å²) in [6.07, 6.45) is 5.19. The maximum atomic E-state index is 11.8. The van der Waals surface area contributed by atoms with Crippen LogP contribution < -0.4 is 5.32 Å². The summed E-state index contributed by atoms with van der Waals surface area (Å²) in [6, 6.07) is 11.7. The number of carbonyl (C=O) groups excluding carboxylic acids is 1. The Morgan fingerprint density at radius 1 is 1.44 bits per heavy atom. The zero-order chi connectivity index (χ0) is 13.2. The Labute approximate surface area is 108 Å². The topological polar surface area (TPSA) is 52.9 Å². The predicted octanol–water partition coefficient (Wildman–Crippen LogP) is 2.45. The largest absolute Gasteiger partial charge is 0.355 e. The third-order valence-electron chi connectivity index (χ3n) is 2.60. The first-order chi connectivity index (χ1) is 8.77. The van der Waals surface area contributed by atoms with Gasteiger partial charge in [0, 0.05) is 6.54 Å². The maximum absolute atomic E-state index is 11.8. The summed E-state index contributed by atoms with van der Waals surface area (Å²) in [4.78, 5) is 11.8. The summed E-state index contributed by atoms with van der Waals surface area (Å²) in [6.45, 7) is 2.52. The Bertz CT molecular complexity index is 432. The molecule has 0 bridgehead atoms. The van der Waals surface area contributed by atoms with Crippen molar-refractivity contribution in [3.8, 4) is 6.07 Å². The molecule has 0 aliphatic carbocycles. The lowest BCUT2D eigenvalue weighted by Crippen LogP contribution is -2.31. The van der Waals surface area contributed by atoms with E-state index in [4.69, 9.17) is 5.26 Å². The first kappa shape index (κ1) is 14.0. The molecule has 0 aromatic heterocycles. The molecule has 0 heterocycles. The predicted molar refractivity (Wildman–Crippen MR) is 71.7 cm³/mol. The van der Waals surface area contributed by atoms with Crippen molar-refractivity contribution in [2.75, 3.05) is 6.54 Å². The molecule has 1 atom stereocenters. The van der Waals surface area contributed by atoms with Crippen LogP contribution in [0.5, 0.6) is 0 Å². The molecule has 3 nitrogen and oxygen atoms in total. The molecule has 0 aliphatic rings. The highest BCUT2D eigenvalue weighted by Crippen LogP contribution is 2.08. The summed E-state index contributed by atoms with van der Waals surface area (Å²) in [7, 11) is 0. The van der Waals surface area contributed by atoms with Gasteiger partial charge < -0.3 is 5.32 Å². The van der Waals surface area contributed by atoms with E-state index in [-0.39, 0.29) is 5.91 Å². The van der Waals surface area contributed by atoms with Crippen LogP contribution in [0, 0.1) is 17.2 Å². The van der Waals surface area contributed by atoms with Gasteiger partial charge >= 0.3 is 0 Å². The molecule has 18 heavy (non-hydrogen) atoms. The van der Waals surface area contributed by atoms with Gasteiger partial charge in [0.15, 0.2) is 0 Å². The van der Waals surface area contributed by atoms with Crippen molar-refractivity contribution in [2.45, 2.75) is 19.8 Å². The summed E-state index contributed by atoms with van der Waals surface area (Å²) in [5.41, 5.74) is 1.01. The zero-order valence-electron chi connectivity index (χ0n) is 10.6. The van der Waals surface area contributed by atoms with Gasteiger partial charge in [0.25, 0.3) is 0 Å². The van der Waals surface area contributed by atoms with E-state index in [0.29, 0.717) is 13.0 Å². The van der Waals surface area contributed by atoms with Crippen molar-refractivity contribution < 1.29 is 4.79 Å². The number of carbonyl (C=O) groups is 1. The van der Waals surface area contributed by atoms with Crippen LogP contribution in [-0.2, 0) is 11.2 Å². The van der Waals surface area contributed by atoms with Crippen molar-refractivity contribution in [3.05, 3.63) is 48.0 Å². The minimum atomic E-state index is -0.613. The molecule has 0 radical (unpaired) electrons. The first-order valence-electron chi connectivity index (χ1n) is 6.10. The lowest BCUT2D eigenvalue weighted by Gasteiger charge is -2.09. The SMILES string of the molecule is C/C=C/CCNC(=O)C(C#N)Cc1ccccc1. The smallest absolute Gasteiger partial charge is 0.237 e. The van der Waals surface area contributed by atoms with E-state index in [0.717, 1.165) is 12.0 Å². The Morgan fingerprint density at radius 3 is 2.78 bits per heavy atom. The van der Waals surface area contributed by atoms with Crippen LogP contribution in [0.3, 0.4) is 0 Å². The van der Waals surface area contributed by atoms with Gasteiger partial charge in [-0.1, -0.05) is 42.5 Å². The second kappa shape index (κ2) is 8.08. The molecular formula is C15H18N2O. The summed E-state index contributed by atoms with van der Waals surface area (Å²) in [5, 5.41) is 11.8. The summed E-state index contributed by atoms with van der Waals surface area (Å²) < 4.78 is 0. The normalized spacial score (nSPS) is 12.0. The van der Waals surface area contributed by atoms with Crippen molar-refractivity contribution >= 4 is 5.91 Å². The minimum absolute atomic E-state index is 0.189. The van der Waals surface area contributed by atoms with Crippen LogP contribution in [0.4, 0.5) is 0 Å². The quantitative estimate of drug-likeness (QED) is 0.615. The summed E-state index contributed by atoms with van der Waals surface area (Å²) >= 11 is 0. The molecule has 1 amide bonds. The fourth-order valence-corrected chi connectivity index (χ4v) is 1.62. The molecule has 0 spiro atoms. The van der Waals surface area contributed by atoms with E-state index in [9.17, 15) is 4.79 Å². The van der Waals surface area contributed by atoms with E-state index in [1.807, 2.05) is 49.4 Å². The van der Waals surface area contributed by atoms with Crippen molar-refractivity contribution in [1.82, 2.24) is 5.32 Å². The number of rotatable bonds is 6. The standard InChI is InChI=1S/C15H18N2O/c1-2-3-7-10-17-15(18)14(12-16)11-13-8-5-4-6-9-13/h2-6,8-9,14H,7,10-11H2,1H3,(H,17,18)/b3-2+. The monoisotopic (exact) mass is 242 g/mol. The number of hydrogen-bond acceptors (Lipinski definition) is 2. The van der Waals surface area contributed by atoms with Crippen LogP contribution in [-0.4, -0.2) is 12.5 Å². The highest BCUT2D eigenvalue weighted by atomic mass is 16.1. The number of amides is 1. The molecule has 0 saturated heterocycles. The lowest BCUT2D eigenvalue weighted by molar-refractivity contribution is -0.123. The Kier molecular flexibility index (Phi) is 6.27. The molecule has 0 aliphatic heterocycles. The molecule has 1 aromatic rings. The Hall–Kier alpha value is -2.08. The molecule has 0 fully saturated rings. The third kappa shape index (κ3) is 4.84. The van der Waals surface area contributed by atoms with Crippen molar-refractivity contribution in [1.29, 1.82) is 5.26 Å². The minimum Gasteiger partial charge on any atom is -0.355 e. The van der Waals surface area contributed by atoms with Crippen molar-refractivity contribution in [3.63, 3.8) is 0 Å². The van der Waals surface area contributed by atoms with Crippen LogP contribution in [0.1, 0.15) is 18.9 Å². The van der Waals surface area contributed by atoms with Crippen LogP contribution in [0.2, 0.25) is 0 Å². The van der Waals surface area contributed by atoms with Crippen LogP contribution >= 0.6 is 0 Å². The van der Waals surface area contributed by atoms with E-state index in [2.05, 4.69) is 11.4 Å².